The van der Waals surface area contributed by atoms with E-state index in [1.807, 2.05) is 0 Å². The first-order valence-corrected chi connectivity index (χ1v) is 6.96. The van der Waals surface area contributed by atoms with Gasteiger partial charge in [0.1, 0.15) is 11.3 Å². The van der Waals surface area contributed by atoms with Crippen LogP contribution in [-0.2, 0) is 19.2 Å². The van der Waals surface area contributed by atoms with Crippen molar-refractivity contribution >= 4 is 27.3 Å². The van der Waals surface area contributed by atoms with Gasteiger partial charge >= 0.3 is 5.97 Å². The minimum absolute atomic E-state index is 0.0264. The average molecular weight is 243 g/mol. The molecule has 0 spiro atoms. The fourth-order valence-electron chi connectivity index (χ4n) is 1.28. The van der Waals surface area contributed by atoms with Crippen molar-refractivity contribution < 1.29 is 18.8 Å². The van der Waals surface area contributed by atoms with E-state index in [0.29, 0.717) is 12.5 Å². The third-order valence-electron chi connectivity index (χ3n) is 2.38. The summed E-state index contributed by atoms with van der Waals surface area (Å²) >= 11 is 0. The summed E-state index contributed by atoms with van der Waals surface area (Å²) < 4.78 is 20.8. The van der Waals surface area contributed by atoms with Gasteiger partial charge in [-0.2, -0.15) is 0 Å². The Balaban J connectivity index is 2.25. The molecule has 0 aromatic heterocycles. The highest BCUT2D eigenvalue weighted by atomic mass is 32.2. The monoisotopic (exact) mass is 243 g/mol. The molecule has 5 nitrogen and oxygen atoms in total. The number of rotatable bonds is 4. The average Bonchev–Trinajstić information content (AvgIpc) is 2.96. The number of carboxylic acid groups (broad SMARTS) is 1. The SMILES string of the molecule is CS1(=O)=CC(OCC2CC2)=C(C(=O)O)C=N1. The van der Waals surface area contributed by atoms with E-state index in [-0.39, 0.29) is 11.3 Å². The van der Waals surface area contributed by atoms with Gasteiger partial charge in [-0.3, -0.25) is 0 Å². The molecule has 0 aromatic carbocycles. The number of ether oxygens (including phenoxy) is 1. The van der Waals surface area contributed by atoms with Gasteiger partial charge in [-0.05, 0) is 18.8 Å². The Morgan fingerprint density at radius 1 is 1.69 bits per heavy atom. The van der Waals surface area contributed by atoms with E-state index >= 15 is 0 Å². The number of hydrogen-bond acceptors (Lipinski definition) is 3. The summed E-state index contributed by atoms with van der Waals surface area (Å²) in [5.41, 5.74) is -0.0264. The summed E-state index contributed by atoms with van der Waals surface area (Å²) in [6.07, 6.45) is 4.80. The Labute approximate surface area is 94.0 Å². The number of aliphatic carboxylic acids is 1. The van der Waals surface area contributed by atoms with Crippen molar-refractivity contribution in [3.8, 4) is 0 Å². The van der Waals surface area contributed by atoms with Crippen LogP contribution in [0.1, 0.15) is 12.8 Å². The highest BCUT2D eigenvalue weighted by Gasteiger charge is 2.24. The van der Waals surface area contributed by atoms with Gasteiger partial charge < -0.3 is 9.84 Å². The highest BCUT2D eigenvalue weighted by molar-refractivity contribution is 7.99. The molecule has 6 heteroatoms. The van der Waals surface area contributed by atoms with E-state index < -0.39 is 15.7 Å². The Morgan fingerprint density at radius 2 is 2.38 bits per heavy atom. The second-order valence-electron chi connectivity index (χ2n) is 4.05. The maximum Gasteiger partial charge on any atom is 0.341 e. The lowest BCUT2D eigenvalue weighted by molar-refractivity contribution is -0.132. The minimum atomic E-state index is -2.48. The third kappa shape index (κ3) is 2.63. The van der Waals surface area contributed by atoms with Gasteiger partial charge in [0.25, 0.3) is 0 Å². The first-order valence-electron chi connectivity index (χ1n) is 4.97. The summed E-state index contributed by atoms with van der Waals surface area (Å²) in [5, 5.41) is 10.2. The van der Waals surface area contributed by atoms with Crippen LogP contribution < -0.4 is 0 Å². The van der Waals surface area contributed by atoms with Gasteiger partial charge in [-0.25, -0.2) is 13.4 Å². The highest BCUT2D eigenvalue weighted by Crippen LogP contribution is 2.29. The van der Waals surface area contributed by atoms with Crippen molar-refractivity contribution in [3.63, 3.8) is 0 Å². The number of hydrogen-bond donors (Lipinski definition) is 1. The van der Waals surface area contributed by atoms with Crippen LogP contribution in [-0.4, -0.2) is 39.7 Å². The van der Waals surface area contributed by atoms with E-state index in [1.54, 1.807) is 0 Å². The molecule has 1 fully saturated rings. The van der Waals surface area contributed by atoms with Gasteiger partial charge in [0.2, 0.25) is 0 Å². The fraction of sp³-hybridized carbons (Fsp3) is 0.500. The molecule has 0 bridgehead atoms. The molecule has 2 aliphatic rings. The number of nitrogens with zero attached hydrogens (tertiary/aromatic N) is 1. The molecule has 1 N–H and O–H groups in total. The maximum atomic E-state index is 11.7. The molecule has 1 heterocycles. The number of carboxylic acids is 1. The summed E-state index contributed by atoms with van der Waals surface area (Å²) in [6, 6.07) is 0. The molecule has 0 saturated heterocycles. The second kappa shape index (κ2) is 3.93. The van der Waals surface area contributed by atoms with Crippen molar-refractivity contribution in [1.82, 2.24) is 0 Å². The molecule has 1 unspecified atom stereocenters. The standard InChI is InChI=1S/C10H13NO4S/c1-16(14)6-9(15-5-7-2-3-7)8(4-11-16)10(12)13/h4,6-7H,2-3,5H2,1H3,(H,12,13). The van der Waals surface area contributed by atoms with Crippen molar-refractivity contribution in [1.29, 1.82) is 0 Å². The van der Waals surface area contributed by atoms with Crippen molar-refractivity contribution in [2.75, 3.05) is 12.9 Å². The molecule has 88 valence electrons. The molecular formula is C10H13NO4S. The molecule has 0 aromatic rings. The molecule has 16 heavy (non-hydrogen) atoms. The van der Waals surface area contributed by atoms with Crippen LogP contribution in [0.25, 0.3) is 0 Å². The summed E-state index contributed by atoms with van der Waals surface area (Å²) in [7, 11) is -2.48. The van der Waals surface area contributed by atoms with Crippen LogP contribution in [0.2, 0.25) is 0 Å². The Morgan fingerprint density at radius 3 is 2.94 bits per heavy atom. The Bertz CT molecular complexity index is 493. The number of allylic oxidation sites excluding steroid dienone is 1. The topological polar surface area (TPSA) is 76.0 Å². The lowest BCUT2D eigenvalue weighted by atomic mass is 10.2. The van der Waals surface area contributed by atoms with Gasteiger partial charge in [0.15, 0.2) is 0 Å². The molecule has 1 saturated carbocycles. The van der Waals surface area contributed by atoms with Gasteiger partial charge in [-0.1, -0.05) is 0 Å². The van der Waals surface area contributed by atoms with Crippen LogP contribution in [0.5, 0.6) is 0 Å². The van der Waals surface area contributed by atoms with Gasteiger partial charge in [0.05, 0.1) is 27.9 Å². The summed E-state index contributed by atoms with van der Waals surface area (Å²) in [4.78, 5) is 10.9. The van der Waals surface area contributed by atoms with Crippen LogP contribution in [0.15, 0.2) is 15.7 Å². The Hall–Kier alpha value is -1.30. The van der Waals surface area contributed by atoms with Gasteiger partial charge in [-0.15, -0.1) is 0 Å². The van der Waals surface area contributed by atoms with E-state index in [2.05, 4.69) is 4.40 Å². The van der Waals surface area contributed by atoms with Crippen LogP contribution >= 0.6 is 0 Å². The summed E-state index contributed by atoms with van der Waals surface area (Å²) in [6.45, 7) is 0.492. The molecule has 1 atom stereocenters. The predicted molar refractivity (Wildman–Crippen MR) is 62.0 cm³/mol. The van der Waals surface area contributed by atoms with Crippen LogP contribution in [0, 0.1) is 5.92 Å². The molecule has 0 amide bonds. The zero-order chi connectivity index (χ0) is 11.8. The van der Waals surface area contributed by atoms with Gasteiger partial charge in [0, 0.05) is 6.26 Å². The van der Waals surface area contributed by atoms with E-state index in [1.165, 1.54) is 11.6 Å². The van der Waals surface area contributed by atoms with E-state index in [0.717, 1.165) is 19.1 Å². The lowest BCUT2D eigenvalue weighted by Gasteiger charge is -2.12. The van der Waals surface area contributed by atoms with Crippen molar-refractivity contribution in [2.45, 2.75) is 12.8 Å². The maximum absolute atomic E-state index is 11.7. The quantitative estimate of drug-likeness (QED) is 0.728. The first kappa shape index (κ1) is 11.2. The molecule has 0 radical (unpaired) electrons. The van der Waals surface area contributed by atoms with Crippen molar-refractivity contribution in [2.24, 2.45) is 10.3 Å². The predicted octanol–water partition coefficient (Wildman–Crippen LogP) is 0.468. The fourth-order valence-corrected chi connectivity index (χ4v) is 2.25. The normalized spacial score (nSPS) is 28.8. The third-order valence-corrected chi connectivity index (χ3v) is 3.56. The van der Waals surface area contributed by atoms with Crippen LogP contribution in [0.4, 0.5) is 0 Å². The smallest absolute Gasteiger partial charge is 0.341 e. The van der Waals surface area contributed by atoms with Crippen LogP contribution in [0.3, 0.4) is 0 Å². The number of carbonyl (C=O) groups is 1. The largest absolute Gasteiger partial charge is 0.492 e. The molecule has 1 aliphatic carbocycles. The molecule has 1 aliphatic heterocycles. The minimum Gasteiger partial charge on any atom is -0.492 e. The van der Waals surface area contributed by atoms with Crippen molar-refractivity contribution in [3.05, 3.63) is 11.3 Å². The second-order valence-corrected chi connectivity index (χ2v) is 6.22. The Kier molecular flexibility index (Phi) is 2.75. The van der Waals surface area contributed by atoms with E-state index in [4.69, 9.17) is 9.84 Å². The lowest BCUT2D eigenvalue weighted by Crippen LogP contribution is -2.17. The zero-order valence-corrected chi connectivity index (χ0v) is 9.70. The zero-order valence-electron chi connectivity index (χ0n) is 8.88. The first-order chi connectivity index (χ1) is 7.48. The van der Waals surface area contributed by atoms with E-state index in [9.17, 15) is 9.00 Å². The summed E-state index contributed by atoms with van der Waals surface area (Å²) in [5.74, 6) is -0.412. The molecular weight excluding hydrogens is 230 g/mol. The molecule has 2 rings (SSSR count).